The second-order valence-electron chi connectivity index (χ2n) is 7.74. The zero-order valence-corrected chi connectivity index (χ0v) is 22.1. The van der Waals surface area contributed by atoms with Crippen LogP contribution in [0.1, 0.15) is 49.9 Å². The first-order valence-corrected chi connectivity index (χ1v) is 10.7. The summed E-state index contributed by atoms with van der Waals surface area (Å²) in [6.45, 7) is 9.96. The first kappa shape index (κ1) is 27.2. The van der Waals surface area contributed by atoms with Crippen LogP contribution in [0, 0.1) is 0 Å². The van der Waals surface area contributed by atoms with E-state index in [-0.39, 0.29) is 24.0 Å². The van der Waals surface area contributed by atoms with Crippen LogP contribution in [0.4, 0.5) is 0 Å². The fraction of sp³-hybridized carbons (Fsp3) is 0.565. The number of rotatable bonds is 11. The van der Waals surface area contributed by atoms with Crippen molar-refractivity contribution in [2.24, 2.45) is 12.0 Å². The molecule has 0 radical (unpaired) electrons. The van der Waals surface area contributed by atoms with E-state index in [2.05, 4.69) is 61.5 Å². The molecule has 0 unspecified atom stereocenters. The number of ether oxygens (including phenoxy) is 2. The van der Waals surface area contributed by atoms with Crippen LogP contribution in [0.15, 0.2) is 35.5 Å². The maximum Gasteiger partial charge on any atom is 0.194 e. The van der Waals surface area contributed by atoms with Crippen molar-refractivity contribution in [1.29, 1.82) is 0 Å². The quantitative estimate of drug-likeness (QED) is 0.200. The summed E-state index contributed by atoms with van der Waals surface area (Å²) >= 11 is 0. The minimum absolute atomic E-state index is 0. The van der Waals surface area contributed by atoms with Crippen LogP contribution in [0.25, 0.3) is 0 Å². The number of methoxy groups -OCH3 is 1. The lowest BCUT2D eigenvalue weighted by molar-refractivity contribution is 0.172. The van der Waals surface area contributed by atoms with Crippen molar-refractivity contribution in [3.63, 3.8) is 0 Å². The van der Waals surface area contributed by atoms with E-state index in [1.54, 1.807) is 7.11 Å². The van der Waals surface area contributed by atoms with Gasteiger partial charge in [-0.2, -0.15) is 5.10 Å². The van der Waals surface area contributed by atoms with E-state index in [1.165, 1.54) is 5.56 Å². The lowest BCUT2D eigenvalue weighted by atomic mass is 10.1. The van der Waals surface area contributed by atoms with Crippen molar-refractivity contribution in [3.05, 3.63) is 47.3 Å². The van der Waals surface area contributed by atoms with Gasteiger partial charge in [0.25, 0.3) is 0 Å². The fourth-order valence-electron chi connectivity index (χ4n) is 3.26. The maximum absolute atomic E-state index is 5.80. The van der Waals surface area contributed by atoms with Gasteiger partial charge in [-0.05, 0) is 30.5 Å². The highest BCUT2D eigenvalue weighted by atomic mass is 127. The molecule has 0 aliphatic carbocycles. The normalized spacial score (nSPS) is 11.4. The number of aliphatic imine (C=N–C) groups is 1. The molecule has 2 rings (SSSR count). The van der Waals surface area contributed by atoms with Gasteiger partial charge in [-0.3, -0.25) is 4.68 Å². The third kappa shape index (κ3) is 9.06. The predicted octanol–water partition coefficient (Wildman–Crippen LogP) is 4.17. The summed E-state index contributed by atoms with van der Waals surface area (Å²) in [5.41, 5.74) is 3.48. The Labute approximate surface area is 204 Å². The van der Waals surface area contributed by atoms with Crippen LogP contribution in [0.3, 0.4) is 0 Å². The standard InChI is InChI=1S/C23H37N5O2.HI/c1-7-24-23(27(4)16-20-17-28(5)26-22(20)18(2)3)25-15-19-10-8-11-21(14-19)30-13-9-12-29-6;/h8,10-11,14,17-18H,7,9,12-13,15-16H2,1-6H3,(H,24,25);1H. The largest absolute Gasteiger partial charge is 0.493 e. The summed E-state index contributed by atoms with van der Waals surface area (Å²) in [6.07, 6.45) is 2.97. The molecule has 0 amide bonds. The molecule has 0 spiro atoms. The van der Waals surface area contributed by atoms with Crippen LogP contribution >= 0.6 is 24.0 Å². The molecule has 1 aromatic heterocycles. The van der Waals surface area contributed by atoms with Gasteiger partial charge in [0.15, 0.2) is 5.96 Å². The smallest absolute Gasteiger partial charge is 0.194 e. The first-order valence-electron chi connectivity index (χ1n) is 10.7. The number of halogens is 1. The molecule has 7 nitrogen and oxygen atoms in total. The molecule has 31 heavy (non-hydrogen) atoms. The lowest BCUT2D eigenvalue weighted by Gasteiger charge is -2.22. The Morgan fingerprint density at radius 1 is 1.29 bits per heavy atom. The second-order valence-corrected chi connectivity index (χ2v) is 7.74. The Morgan fingerprint density at radius 2 is 2.06 bits per heavy atom. The molecule has 0 fully saturated rings. The van der Waals surface area contributed by atoms with Crippen LogP contribution in [-0.2, 0) is 24.9 Å². The van der Waals surface area contributed by atoms with Crippen molar-refractivity contribution < 1.29 is 9.47 Å². The number of aromatic nitrogens is 2. The van der Waals surface area contributed by atoms with Crippen molar-refractivity contribution in [2.75, 3.05) is 33.9 Å². The summed E-state index contributed by atoms with van der Waals surface area (Å²) in [7, 11) is 5.74. The number of aryl methyl sites for hydroxylation is 1. The van der Waals surface area contributed by atoms with Crippen molar-refractivity contribution >= 4 is 29.9 Å². The van der Waals surface area contributed by atoms with Crippen molar-refractivity contribution in [1.82, 2.24) is 20.0 Å². The number of nitrogens with zero attached hydrogens (tertiary/aromatic N) is 4. The molecule has 0 saturated carbocycles. The SMILES string of the molecule is CCNC(=NCc1cccc(OCCCOC)c1)N(C)Cc1cn(C)nc1C(C)C.I. The van der Waals surface area contributed by atoms with Gasteiger partial charge >= 0.3 is 0 Å². The zero-order valence-electron chi connectivity index (χ0n) is 19.7. The number of guanidine groups is 1. The average molecular weight is 543 g/mol. The van der Waals surface area contributed by atoms with E-state index in [9.17, 15) is 0 Å². The van der Waals surface area contributed by atoms with E-state index in [1.807, 2.05) is 23.9 Å². The molecule has 1 N–H and O–H groups in total. The van der Waals surface area contributed by atoms with Gasteiger partial charge in [-0.15, -0.1) is 24.0 Å². The van der Waals surface area contributed by atoms with Gasteiger partial charge in [0.2, 0.25) is 0 Å². The summed E-state index contributed by atoms with van der Waals surface area (Å²) in [6, 6.07) is 8.12. The van der Waals surface area contributed by atoms with Crippen molar-refractivity contribution in [2.45, 2.75) is 46.2 Å². The number of nitrogens with one attached hydrogen (secondary N) is 1. The maximum atomic E-state index is 5.80. The minimum atomic E-state index is 0. The highest BCUT2D eigenvalue weighted by Gasteiger charge is 2.15. The van der Waals surface area contributed by atoms with Crippen LogP contribution in [0.5, 0.6) is 5.75 Å². The number of hydrogen-bond acceptors (Lipinski definition) is 4. The molecular formula is C23H38IN5O2. The Hall–Kier alpha value is -1.81. The van der Waals surface area contributed by atoms with Gasteiger partial charge < -0.3 is 19.7 Å². The average Bonchev–Trinajstić information content (AvgIpc) is 3.09. The van der Waals surface area contributed by atoms with E-state index in [4.69, 9.17) is 14.5 Å². The molecule has 0 bridgehead atoms. The Morgan fingerprint density at radius 3 is 2.74 bits per heavy atom. The molecule has 2 aromatic rings. The van der Waals surface area contributed by atoms with Gasteiger partial charge in [0, 0.05) is 59.1 Å². The number of hydrogen-bond donors (Lipinski definition) is 1. The van der Waals surface area contributed by atoms with Gasteiger partial charge in [0.05, 0.1) is 18.8 Å². The van der Waals surface area contributed by atoms with Crippen LogP contribution in [0.2, 0.25) is 0 Å². The zero-order chi connectivity index (χ0) is 21.9. The Kier molecular flexibility index (Phi) is 12.5. The molecule has 174 valence electrons. The highest BCUT2D eigenvalue weighted by Crippen LogP contribution is 2.19. The molecule has 0 aliphatic rings. The molecule has 0 aliphatic heterocycles. The highest BCUT2D eigenvalue weighted by molar-refractivity contribution is 14.0. The summed E-state index contributed by atoms with van der Waals surface area (Å²) in [5, 5.41) is 8.01. The minimum Gasteiger partial charge on any atom is -0.493 e. The Bertz CT molecular complexity index is 807. The predicted molar refractivity (Wildman–Crippen MR) is 137 cm³/mol. The van der Waals surface area contributed by atoms with Crippen molar-refractivity contribution in [3.8, 4) is 5.75 Å². The van der Waals surface area contributed by atoms with Gasteiger partial charge in [-0.25, -0.2) is 4.99 Å². The molecule has 8 heteroatoms. The van der Waals surface area contributed by atoms with Gasteiger partial charge in [0.1, 0.15) is 5.75 Å². The fourth-order valence-corrected chi connectivity index (χ4v) is 3.26. The van der Waals surface area contributed by atoms with E-state index < -0.39 is 0 Å². The van der Waals surface area contributed by atoms with E-state index >= 15 is 0 Å². The first-order chi connectivity index (χ1) is 14.4. The monoisotopic (exact) mass is 543 g/mol. The molecular weight excluding hydrogens is 505 g/mol. The number of benzene rings is 1. The third-order valence-electron chi connectivity index (χ3n) is 4.66. The molecule has 1 heterocycles. The lowest BCUT2D eigenvalue weighted by Crippen LogP contribution is -2.38. The van der Waals surface area contributed by atoms with E-state index in [0.717, 1.165) is 42.5 Å². The topological polar surface area (TPSA) is 63.9 Å². The molecule has 1 aromatic carbocycles. The summed E-state index contributed by atoms with van der Waals surface area (Å²) < 4.78 is 12.8. The molecule has 0 atom stereocenters. The second kappa shape index (κ2) is 14.3. The van der Waals surface area contributed by atoms with Crippen LogP contribution in [-0.4, -0.2) is 54.6 Å². The van der Waals surface area contributed by atoms with Crippen LogP contribution < -0.4 is 10.1 Å². The molecule has 0 saturated heterocycles. The third-order valence-corrected chi connectivity index (χ3v) is 4.66. The summed E-state index contributed by atoms with van der Waals surface area (Å²) in [4.78, 5) is 6.99. The summed E-state index contributed by atoms with van der Waals surface area (Å²) in [5.74, 6) is 2.14. The Balaban J connectivity index is 0.00000480. The van der Waals surface area contributed by atoms with E-state index in [0.29, 0.717) is 25.7 Å². The van der Waals surface area contributed by atoms with Gasteiger partial charge in [-0.1, -0.05) is 26.0 Å².